The fourth-order valence-electron chi connectivity index (χ4n) is 3.18. The molecule has 1 aliphatic rings. The number of furan rings is 1. The summed E-state index contributed by atoms with van der Waals surface area (Å²) in [6.45, 7) is -0.172. The largest absolute Gasteiger partial charge is 0.480 e. The number of rotatable bonds is 10. The highest BCUT2D eigenvalue weighted by Crippen LogP contribution is 2.27. The van der Waals surface area contributed by atoms with E-state index in [0.717, 1.165) is 19.3 Å². The molecule has 0 radical (unpaired) electrons. The number of carboxylic acids is 1. The van der Waals surface area contributed by atoms with Gasteiger partial charge in [0.1, 0.15) is 11.8 Å². The lowest BCUT2D eigenvalue weighted by molar-refractivity contribution is -0.139. The lowest BCUT2D eigenvalue weighted by Gasteiger charge is -2.25. The third-order valence-electron chi connectivity index (χ3n) is 5.30. The van der Waals surface area contributed by atoms with E-state index in [2.05, 4.69) is 16.0 Å². The first-order valence-electron chi connectivity index (χ1n) is 10.5. The Kier molecular flexibility index (Phi) is 8.72. The molecule has 1 aliphatic carbocycles. The molecule has 34 heavy (non-hydrogen) atoms. The van der Waals surface area contributed by atoms with Crippen molar-refractivity contribution < 1.29 is 28.7 Å². The lowest BCUT2D eigenvalue weighted by atomic mass is 9.85. The number of amides is 3. The van der Waals surface area contributed by atoms with Crippen molar-refractivity contribution in [2.75, 3.05) is 6.54 Å². The van der Waals surface area contributed by atoms with Gasteiger partial charge >= 0.3 is 5.97 Å². The topological polar surface area (TPSA) is 138 Å². The number of benzene rings is 1. The van der Waals surface area contributed by atoms with Gasteiger partial charge in [-0.15, -0.1) is 0 Å². The van der Waals surface area contributed by atoms with Gasteiger partial charge in [-0.05, 0) is 48.7 Å². The first-order valence-corrected chi connectivity index (χ1v) is 11.3. The molecule has 11 heteroatoms. The van der Waals surface area contributed by atoms with Crippen molar-refractivity contribution in [1.82, 2.24) is 16.0 Å². The molecule has 4 N–H and O–H groups in total. The van der Waals surface area contributed by atoms with Crippen LogP contribution in [-0.2, 0) is 20.9 Å². The second-order valence-corrected chi connectivity index (χ2v) is 8.55. The summed E-state index contributed by atoms with van der Waals surface area (Å²) in [4.78, 5) is 48.2. The summed E-state index contributed by atoms with van der Waals surface area (Å²) >= 11 is 12.5. The summed E-state index contributed by atoms with van der Waals surface area (Å²) in [6.07, 6.45) is 6.82. The maximum atomic E-state index is 12.7. The van der Waals surface area contributed by atoms with Crippen LogP contribution in [0.4, 0.5) is 0 Å². The molecule has 1 atom stereocenters. The predicted octanol–water partition coefficient (Wildman–Crippen LogP) is 3.02. The SMILES string of the molecule is O=C(/C=C/c1ccco1)NCc1cc(Cl)c(C(=O)N[C@@H](CNC(=O)C2CCC2)C(=O)O)c(Cl)c1. The van der Waals surface area contributed by atoms with Gasteiger partial charge in [0, 0.05) is 25.1 Å². The van der Waals surface area contributed by atoms with Gasteiger partial charge in [0.15, 0.2) is 0 Å². The highest BCUT2D eigenvalue weighted by molar-refractivity contribution is 6.39. The van der Waals surface area contributed by atoms with Crippen LogP contribution >= 0.6 is 23.2 Å². The lowest BCUT2D eigenvalue weighted by Crippen LogP contribution is -2.49. The Labute approximate surface area is 205 Å². The minimum Gasteiger partial charge on any atom is -0.480 e. The first-order chi connectivity index (χ1) is 16.2. The smallest absolute Gasteiger partial charge is 0.328 e. The molecule has 0 unspecified atom stereocenters. The van der Waals surface area contributed by atoms with E-state index in [0.29, 0.717) is 11.3 Å². The number of carboxylic acid groups (broad SMARTS) is 1. The van der Waals surface area contributed by atoms with Crippen molar-refractivity contribution >= 4 is 53.0 Å². The molecule has 0 spiro atoms. The monoisotopic (exact) mass is 507 g/mol. The van der Waals surface area contributed by atoms with Crippen molar-refractivity contribution in [1.29, 1.82) is 0 Å². The highest BCUT2D eigenvalue weighted by atomic mass is 35.5. The van der Waals surface area contributed by atoms with E-state index >= 15 is 0 Å². The Morgan fingerprint density at radius 2 is 1.85 bits per heavy atom. The molecule has 1 aromatic heterocycles. The molecule has 1 fully saturated rings. The van der Waals surface area contributed by atoms with Crippen molar-refractivity contribution in [3.05, 3.63) is 63.5 Å². The zero-order valence-corrected chi connectivity index (χ0v) is 19.5. The van der Waals surface area contributed by atoms with Gasteiger partial charge in [-0.2, -0.15) is 0 Å². The van der Waals surface area contributed by atoms with Gasteiger partial charge in [-0.25, -0.2) is 4.79 Å². The zero-order chi connectivity index (χ0) is 24.7. The summed E-state index contributed by atoms with van der Waals surface area (Å²) in [5, 5.41) is 16.9. The van der Waals surface area contributed by atoms with Gasteiger partial charge in [0.05, 0.1) is 21.9 Å². The summed E-state index contributed by atoms with van der Waals surface area (Å²) in [5.41, 5.74) is 0.432. The fourth-order valence-corrected chi connectivity index (χ4v) is 3.89. The fraction of sp³-hybridized carbons (Fsp3) is 0.304. The van der Waals surface area contributed by atoms with Crippen LogP contribution in [-0.4, -0.2) is 41.4 Å². The Morgan fingerprint density at radius 1 is 1.15 bits per heavy atom. The third-order valence-corrected chi connectivity index (χ3v) is 5.89. The molecular weight excluding hydrogens is 485 g/mol. The molecule has 1 heterocycles. The normalized spacial score (nSPS) is 14.3. The minimum absolute atomic E-state index is 0.0111. The summed E-state index contributed by atoms with van der Waals surface area (Å²) in [5.74, 6) is -2.29. The molecule has 9 nitrogen and oxygen atoms in total. The van der Waals surface area contributed by atoms with Crippen molar-refractivity contribution in [2.45, 2.75) is 31.8 Å². The van der Waals surface area contributed by atoms with E-state index in [1.54, 1.807) is 12.1 Å². The van der Waals surface area contributed by atoms with Crippen molar-refractivity contribution in [3.8, 4) is 0 Å². The van der Waals surface area contributed by atoms with E-state index in [4.69, 9.17) is 27.6 Å². The molecule has 0 bridgehead atoms. The number of nitrogens with one attached hydrogen (secondary N) is 3. The van der Waals surface area contributed by atoms with Gasteiger partial charge in [-0.3, -0.25) is 14.4 Å². The van der Waals surface area contributed by atoms with Crippen LogP contribution in [0.2, 0.25) is 10.0 Å². The second kappa shape index (κ2) is 11.7. The van der Waals surface area contributed by atoms with Gasteiger partial charge < -0.3 is 25.5 Å². The number of carbonyl (C=O) groups is 4. The Hall–Kier alpha value is -3.30. The van der Waals surface area contributed by atoms with E-state index in [9.17, 15) is 24.3 Å². The molecule has 2 aromatic rings. The molecule has 1 aromatic carbocycles. The number of aliphatic carboxylic acids is 1. The summed E-state index contributed by atoms with van der Waals surface area (Å²) < 4.78 is 5.10. The minimum atomic E-state index is -1.36. The van der Waals surface area contributed by atoms with E-state index in [-0.39, 0.29) is 46.4 Å². The van der Waals surface area contributed by atoms with Crippen LogP contribution in [0.15, 0.2) is 41.0 Å². The number of hydrogen-bond acceptors (Lipinski definition) is 5. The Bertz CT molecular complexity index is 1070. The number of carbonyl (C=O) groups excluding carboxylic acids is 3. The van der Waals surface area contributed by atoms with Crippen LogP contribution in [0.5, 0.6) is 0 Å². The highest BCUT2D eigenvalue weighted by Gasteiger charge is 2.28. The quantitative estimate of drug-likeness (QED) is 0.364. The molecule has 3 rings (SSSR count). The number of halogens is 2. The predicted molar refractivity (Wildman–Crippen MR) is 125 cm³/mol. The first kappa shape index (κ1) is 25.3. The second-order valence-electron chi connectivity index (χ2n) is 7.74. The Balaban J connectivity index is 1.58. The van der Waals surface area contributed by atoms with E-state index in [1.807, 2.05) is 0 Å². The van der Waals surface area contributed by atoms with Crippen LogP contribution in [0.3, 0.4) is 0 Å². The third kappa shape index (κ3) is 6.85. The summed E-state index contributed by atoms with van der Waals surface area (Å²) in [7, 11) is 0. The number of hydrogen-bond donors (Lipinski definition) is 4. The van der Waals surface area contributed by atoms with Gasteiger partial charge in [0.25, 0.3) is 5.91 Å². The molecular formula is C23H23Cl2N3O6. The van der Waals surface area contributed by atoms with E-state index < -0.39 is 17.9 Å². The Morgan fingerprint density at radius 3 is 2.41 bits per heavy atom. The van der Waals surface area contributed by atoms with Crippen LogP contribution in [0.25, 0.3) is 6.08 Å². The van der Waals surface area contributed by atoms with Crippen LogP contribution < -0.4 is 16.0 Å². The molecule has 3 amide bonds. The standard InChI is InChI=1S/C23H23Cl2N3O6/c24-16-9-13(11-26-19(29)7-6-15-5-2-8-34-15)10-17(25)20(16)22(31)28-18(23(32)33)12-27-21(30)14-3-1-4-14/h2,5-10,14,18H,1,3-4,11-12H2,(H,26,29)(H,27,30)(H,28,31)(H,32,33)/b7-6+/t18-/m0/s1. The van der Waals surface area contributed by atoms with Gasteiger partial charge in [-0.1, -0.05) is 29.6 Å². The molecule has 0 aliphatic heterocycles. The van der Waals surface area contributed by atoms with Crippen LogP contribution in [0, 0.1) is 5.92 Å². The molecule has 1 saturated carbocycles. The van der Waals surface area contributed by atoms with Crippen LogP contribution in [0.1, 0.15) is 40.9 Å². The maximum Gasteiger partial charge on any atom is 0.328 e. The van der Waals surface area contributed by atoms with Crippen molar-refractivity contribution in [2.24, 2.45) is 5.92 Å². The average molecular weight is 508 g/mol. The molecule has 0 saturated heterocycles. The maximum absolute atomic E-state index is 12.7. The summed E-state index contributed by atoms with van der Waals surface area (Å²) in [6, 6.07) is 4.94. The average Bonchev–Trinajstić information content (AvgIpc) is 3.25. The molecule has 180 valence electrons. The zero-order valence-electron chi connectivity index (χ0n) is 18.0. The van der Waals surface area contributed by atoms with Crippen molar-refractivity contribution in [3.63, 3.8) is 0 Å². The van der Waals surface area contributed by atoms with Gasteiger partial charge in [0.2, 0.25) is 11.8 Å². The van der Waals surface area contributed by atoms with E-state index in [1.165, 1.54) is 30.5 Å².